The third-order valence-corrected chi connectivity index (χ3v) is 4.43. The van der Waals surface area contributed by atoms with Gasteiger partial charge in [0.15, 0.2) is 0 Å². The number of carbonyl (C=O) groups excluding carboxylic acids is 2. The molecule has 0 aliphatic heterocycles. The molecule has 1 N–H and O–H groups in total. The minimum atomic E-state index is -0.683. The van der Waals surface area contributed by atoms with E-state index in [1.54, 1.807) is 7.05 Å². The molecule has 0 heterocycles. The lowest BCUT2D eigenvalue weighted by Gasteiger charge is -2.29. The number of nitrogens with zero attached hydrogens (tertiary/aromatic N) is 1. The molecule has 2 rings (SSSR count). The minimum Gasteiger partial charge on any atom is -0.336 e. The minimum absolute atomic E-state index is 0.0210. The number of aryl methyl sites for hydroxylation is 1. The molecule has 0 radical (unpaired) electrons. The number of likely N-dealkylation sites (N-methyl/N-ethyl adjacent to an activating group) is 1. The Morgan fingerprint density at radius 1 is 1.00 bits per heavy atom. The van der Waals surface area contributed by atoms with Crippen molar-refractivity contribution in [3.05, 3.63) is 65.7 Å². The first-order valence-electron chi connectivity index (χ1n) is 8.55. The van der Waals surface area contributed by atoms with Gasteiger partial charge in [0.25, 0.3) is 0 Å². The molecule has 2 amide bonds. The van der Waals surface area contributed by atoms with Crippen molar-refractivity contribution in [2.45, 2.75) is 32.6 Å². The van der Waals surface area contributed by atoms with E-state index >= 15 is 0 Å². The molecule has 25 heavy (non-hydrogen) atoms. The molecular formula is C21H26N2O2. The summed E-state index contributed by atoms with van der Waals surface area (Å²) in [6.45, 7) is 5.83. The number of nitrogens with one attached hydrogen (secondary N) is 1. The maximum absolute atomic E-state index is 12.8. The smallest absolute Gasteiger partial charge is 0.243 e. The van der Waals surface area contributed by atoms with Crippen LogP contribution in [0.4, 0.5) is 5.69 Å². The second kappa shape index (κ2) is 7.97. The zero-order valence-electron chi connectivity index (χ0n) is 15.4. The van der Waals surface area contributed by atoms with Crippen LogP contribution in [0.1, 0.15) is 31.9 Å². The zero-order chi connectivity index (χ0) is 18.4. The molecule has 0 atom stereocenters. The van der Waals surface area contributed by atoms with Crippen molar-refractivity contribution < 1.29 is 9.59 Å². The van der Waals surface area contributed by atoms with Crippen LogP contribution < -0.4 is 5.32 Å². The number of hydrogen-bond acceptors (Lipinski definition) is 2. The predicted octanol–water partition coefficient (Wildman–Crippen LogP) is 3.62. The van der Waals surface area contributed by atoms with E-state index in [-0.39, 0.29) is 18.4 Å². The first-order chi connectivity index (χ1) is 11.9. The van der Waals surface area contributed by atoms with Gasteiger partial charge in [-0.3, -0.25) is 9.59 Å². The second-order valence-corrected chi connectivity index (χ2v) is 6.71. The number of carbonyl (C=O) groups is 2. The number of amides is 2. The molecule has 0 unspecified atom stereocenters. The van der Waals surface area contributed by atoms with Crippen LogP contribution in [0.25, 0.3) is 0 Å². The van der Waals surface area contributed by atoms with Crippen LogP contribution in [0.3, 0.4) is 0 Å². The summed E-state index contributed by atoms with van der Waals surface area (Å²) in [5, 5.41) is 2.91. The molecule has 2 aromatic carbocycles. The van der Waals surface area contributed by atoms with Gasteiger partial charge in [0.2, 0.25) is 11.8 Å². The Hall–Kier alpha value is -2.62. The van der Waals surface area contributed by atoms with Crippen LogP contribution in [0.15, 0.2) is 54.6 Å². The van der Waals surface area contributed by atoms with Crippen LogP contribution in [0, 0.1) is 0 Å². The quantitative estimate of drug-likeness (QED) is 0.874. The molecule has 0 bridgehead atoms. The van der Waals surface area contributed by atoms with E-state index in [9.17, 15) is 9.59 Å². The average molecular weight is 338 g/mol. The van der Waals surface area contributed by atoms with Gasteiger partial charge in [-0.15, -0.1) is 0 Å². The van der Waals surface area contributed by atoms with Gasteiger partial charge in [-0.25, -0.2) is 0 Å². The van der Waals surface area contributed by atoms with Crippen LogP contribution in [-0.2, 0) is 21.4 Å². The summed E-state index contributed by atoms with van der Waals surface area (Å²) in [4.78, 5) is 26.7. The van der Waals surface area contributed by atoms with Crippen molar-refractivity contribution in [1.29, 1.82) is 0 Å². The van der Waals surface area contributed by atoms with Gasteiger partial charge in [-0.05, 0) is 37.5 Å². The van der Waals surface area contributed by atoms with Crippen molar-refractivity contribution in [3.8, 4) is 0 Å². The lowest BCUT2D eigenvalue weighted by atomic mass is 9.83. The molecule has 4 heteroatoms. The molecule has 2 aromatic rings. The summed E-state index contributed by atoms with van der Waals surface area (Å²) in [5.41, 5.74) is 2.13. The van der Waals surface area contributed by atoms with Crippen LogP contribution in [0.5, 0.6) is 0 Å². The topological polar surface area (TPSA) is 49.4 Å². The van der Waals surface area contributed by atoms with Crippen LogP contribution in [0.2, 0.25) is 0 Å². The predicted molar refractivity (Wildman–Crippen MR) is 102 cm³/mol. The van der Waals surface area contributed by atoms with E-state index in [1.165, 1.54) is 4.90 Å². The third-order valence-electron chi connectivity index (χ3n) is 4.43. The summed E-state index contributed by atoms with van der Waals surface area (Å²) >= 11 is 0. The fraction of sp³-hybridized carbons (Fsp3) is 0.333. The number of anilines is 1. The average Bonchev–Trinajstić information content (AvgIpc) is 2.62. The van der Waals surface area contributed by atoms with Crippen molar-refractivity contribution >= 4 is 17.5 Å². The highest BCUT2D eigenvalue weighted by atomic mass is 16.2. The summed E-state index contributed by atoms with van der Waals surface area (Å²) in [6.07, 6.45) is 0.840. The fourth-order valence-corrected chi connectivity index (χ4v) is 2.88. The van der Waals surface area contributed by atoms with E-state index in [2.05, 4.69) is 5.32 Å². The summed E-state index contributed by atoms with van der Waals surface area (Å²) < 4.78 is 0. The third kappa shape index (κ3) is 4.47. The van der Waals surface area contributed by atoms with Gasteiger partial charge in [-0.2, -0.15) is 0 Å². The Labute approximate surface area is 149 Å². The van der Waals surface area contributed by atoms with E-state index in [4.69, 9.17) is 0 Å². The number of hydrogen-bond donors (Lipinski definition) is 1. The Balaban J connectivity index is 2.04. The molecule has 0 aliphatic carbocycles. The van der Waals surface area contributed by atoms with Crippen LogP contribution in [-0.4, -0.2) is 30.3 Å². The van der Waals surface area contributed by atoms with Crippen molar-refractivity contribution in [2.24, 2.45) is 0 Å². The van der Waals surface area contributed by atoms with E-state index in [0.29, 0.717) is 0 Å². The molecule has 0 aromatic heterocycles. The fourth-order valence-electron chi connectivity index (χ4n) is 2.88. The molecule has 0 saturated heterocycles. The van der Waals surface area contributed by atoms with Crippen LogP contribution >= 0.6 is 0 Å². The highest BCUT2D eigenvalue weighted by molar-refractivity contribution is 5.96. The lowest BCUT2D eigenvalue weighted by Crippen LogP contribution is -2.44. The van der Waals surface area contributed by atoms with Gasteiger partial charge >= 0.3 is 0 Å². The first-order valence-corrected chi connectivity index (χ1v) is 8.55. The molecule has 0 fully saturated rings. The number of benzene rings is 2. The molecule has 0 spiro atoms. The molecule has 4 nitrogen and oxygen atoms in total. The zero-order valence-corrected chi connectivity index (χ0v) is 15.4. The Bertz CT molecular complexity index is 739. The van der Waals surface area contributed by atoms with Gasteiger partial charge in [-0.1, -0.05) is 55.5 Å². The largest absolute Gasteiger partial charge is 0.336 e. The Kier molecular flexibility index (Phi) is 5.97. The first kappa shape index (κ1) is 18.7. The molecule has 0 aliphatic rings. The summed E-state index contributed by atoms with van der Waals surface area (Å²) in [5.74, 6) is -0.279. The normalized spacial score (nSPS) is 11.0. The second-order valence-electron chi connectivity index (χ2n) is 6.71. The van der Waals surface area contributed by atoms with Crippen molar-refractivity contribution in [2.75, 3.05) is 18.9 Å². The summed E-state index contributed by atoms with van der Waals surface area (Å²) in [7, 11) is 1.67. The van der Waals surface area contributed by atoms with Crippen molar-refractivity contribution in [1.82, 2.24) is 4.90 Å². The Morgan fingerprint density at radius 2 is 1.60 bits per heavy atom. The number of para-hydroxylation sites is 1. The maximum atomic E-state index is 12.8. The monoisotopic (exact) mass is 338 g/mol. The molecule has 0 saturated carbocycles. The van der Waals surface area contributed by atoms with Gasteiger partial charge in [0.05, 0.1) is 12.0 Å². The lowest BCUT2D eigenvalue weighted by molar-refractivity contribution is -0.137. The molecule has 132 valence electrons. The summed E-state index contributed by atoms with van der Waals surface area (Å²) in [6, 6.07) is 17.3. The SMILES string of the molecule is CCc1ccccc1NC(=O)CN(C)C(=O)C(C)(C)c1ccccc1. The van der Waals surface area contributed by atoms with Crippen molar-refractivity contribution in [3.63, 3.8) is 0 Å². The van der Waals surface area contributed by atoms with Gasteiger partial charge in [0, 0.05) is 12.7 Å². The van der Waals surface area contributed by atoms with E-state index < -0.39 is 5.41 Å². The number of rotatable bonds is 6. The van der Waals surface area contributed by atoms with Gasteiger partial charge < -0.3 is 10.2 Å². The maximum Gasteiger partial charge on any atom is 0.243 e. The van der Waals surface area contributed by atoms with Gasteiger partial charge in [0.1, 0.15) is 0 Å². The Morgan fingerprint density at radius 3 is 2.24 bits per heavy atom. The standard InChI is InChI=1S/C21H26N2O2/c1-5-16-11-9-10-14-18(16)22-19(24)15-23(4)20(25)21(2,3)17-12-7-6-8-13-17/h6-14H,5,15H2,1-4H3,(H,22,24). The van der Waals surface area contributed by atoms with E-state index in [1.807, 2.05) is 75.4 Å². The van der Waals surface area contributed by atoms with E-state index in [0.717, 1.165) is 23.2 Å². The highest BCUT2D eigenvalue weighted by Gasteiger charge is 2.32. The highest BCUT2D eigenvalue weighted by Crippen LogP contribution is 2.25. The molecular weight excluding hydrogens is 312 g/mol.